The number of hydrogen-bond donors (Lipinski definition) is 3. The molecule has 1 aliphatic carbocycles. The fourth-order valence-electron chi connectivity index (χ4n) is 2.74. The van der Waals surface area contributed by atoms with Crippen LogP contribution in [-0.4, -0.2) is 28.6 Å². The number of carbonyl (C=O) groups is 2. The predicted octanol–water partition coefficient (Wildman–Crippen LogP) is 1.73. The number of nitrogens with one attached hydrogen (secondary N) is 1. The smallest absolute Gasteiger partial charge is 0.306 e. The number of carboxylic acids is 1. The first-order valence-electron chi connectivity index (χ1n) is 7.31. The summed E-state index contributed by atoms with van der Waals surface area (Å²) in [6.07, 6.45) is 1.78. The number of hydrogen-bond acceptors (Lipinski definition) is 3. The number of amides is 1. The summed E-state index contributed by atoms with van der Waals surface area (Å²) in [6, 6.07) is 8.80. The van der Waals surface area contributed by atoms with E-state index in [1.807, 2.05) is 6.07 Å². The number of aliphatic carboxylic acids is 1. The number of benzene rings is 1. The Balaban J connectivity index is 1.76. The molecule has 0 aromatic heterocycles. The maximum Gasteiger partial charge on any atom is 0.306 e. The molecule has 1 aromatic rings. The maximum atomic E-state index is 11.9. The Labute approximate surface area is 124 Å². The zero-order chi connectivity index (χ0) is 15.2. The lowest BCUT2D eigenvalue weighted by Crippen LogP contribution is -2.35. The van der Waals surface area contributed by atoms with Crippen LogP contribution in [0.2, 0.25) is 0 Å². The summed E-state index contributed by atoms with van der Waals surface area (Å²) >= 11 is 0. The van der Waals surface area contributed by atoms with E-state index in [0.717, 1.165) is 12.8 Å². The Morgan fingerprint density at radius 3 is 2.33 bits per heavy atom. The van der Waals surface area contributed by atoms with Crippen LogP contribution >= 0.6 is 0 Å². The number of carboxylic acid groups (broad SMARTS) is 1. The summed E-state index contributed by atoms with van der Waals surface area (Å²) in [5.41, 5.74) is 0.574. The normalized spacial score (nSPS) is 23.3. The molecule has 0 radical (unpaired) electrons. The van der Waals surface area contributed by atoms with E-state index in [0.29, 0.717) is 30.9 Å². The van der Waals surface area contributed by atoms with Crippen LogP contribution in [-0.2, 0) is 9.59 Å². The van der Waals surface area contributed by atoms with E-state index in [-0.39, 0.29) is 5.92 Å². The predicted molar refractivity (Wildman–Crippen MR) is 77.5 cm³/mol. The molecular formula is C16H21NO4. The highest BCUT2D eigenvalue weighted by Crippen LogP contribution is 2.28. The van der Waals surface area contributed by atoms with Crippen LogP contribution in [0.3, 0.4) is 0 Å². The molecule has 5 nitrogen and oxygen atoms in total. The highest BCUT2D eigenvalue weighted by atomic mass is 16.4. The summed E-state index contributed by atoms with van der Waals surface area (Å²) in [6.45, 7) is 0.495. The van der Waals surface area contributed by atoms with Gasteiger partial charge in [-0.3, -0.25) is 9.59 Å². The molecule has 21 heavy (non-hydrogen) atoms. The van der Waals surface area contributed by atoms with Crippen molar-refractivity contribution in [2.24, 2.45) is 11.8 Å². The Morgan fingerprint density at radius 1 is 1.14 bits per heavy atom. The minimum atomic E-state index is -1.15. The largest absolute Gasteiger partial charge is 0.481 e. The molecule has 1 saturated carbocycles. The summed E-state index contributed by atoms with van der Waals surface area (Å²) in [5, 5.41) is 21.6. The third kappa shape index (κ3) is 4.29. The second-order valence-corrected chi connectivity index (χ2v) is 5.61. The van der Waals surface area contributed by atoms with Gasteiger partial charge in [-0.05, 0) is 37.2 Å². The van der Waals surface area contributed by atoms with E-state index in [1.165, 1.54) is 0 Å². The molecule has 1 aromatic carbocycles. The Morgan fingerprint density at radius 2 is 1.76 bits per heavy atom. The van der Waals surface area contributed by atoms with Crippen molar-refractivity contribution in [3.8, 4) is 0 Å². The van der Waals surface area contributed by atoms with E-state index in [1.54, 1.807) is 24.3 Å². The quantitative estimate of drug-likeness (QED) is 0.771. The van der Waals surface area contributed by atoms with Crippen molar-refractivity contribution < 1.29 is 19.8 Å². The molecule has 0 aliphatic heterocycles. The van der Waals surface area contributed by atoms with E-state index >= 15 is 0 Å². The molecule has 0 spiro atoms. The van der Waals surface area contributed by atoms with Gasteiger partial charge in [0.1, 0.15) is 0 Å². The zero-order valence-corrected chi connectivity index (χ0v) is 11.9. The second-order valence-electron chi connectivity index (χ2n) is 5.61. The number of rotatable bonds is 5. The standard InChI is InChI=1S/C16H21NO4/c18-14(12-4-2-1-3-5-12)15(19)17-10-11-6-8-13(9-7-11)16(20)21/h1-5,11,13-14,18H,6-10H2,(H,17,19)(H,20,21). The molecule has 1 aliphatic rings. The molecule has 3 N–H and O–H groups in total. The molecule has 5 heteroatoms. The molecule has 1 unspecified atom stereocenters. The number of aliphatic hydroxyl groups excluding tert-OH is 1. The van der Waals surface area contributed by atoms with Crippen molar-refractivity contribution in [1.82, 2.24) is 5.32 Å². The monoisotopic (exact) mass is 291 g/mol. The summed E-state index contributed by atoms with van der Waals surface area (Å²) < 4.78 is 0. The summed E-state index contributed by atoms with van der Waals surface area (Å²) in [4.78, 5) is 22.8. The number of carbonyl (C=O) groups excluding carboxylic acids is 1. The average molecular weight is 291 g/mol. The van der Waals surface area contributed by atoms with Crippen molar-refractivity contribution in [3.05, 3.63) is 35.9 Å². The first-order chi connectivity index (χ1) is 10.1. The van der Waals surface area contributed by atoms with E-state index in [4.69, 9.17) is 5.11 Å². The van der Waals surface area contributed by atoms with Crippen molar-refractivity contribution in [2.45, 2.75) is 31.8 Å². The van der Waals surface area contributed by atoms with Gasteiger partial charge in [0.25, 0.3) is 5.91 Å². The fourth-order valence-corrected chi connectivity index (χ4v) is 2.74. The maximum absolute atomic E-state index is 11.9. The molecule has 114 valence electrons. The summed E-state index contributed by atoms with van der Waals surface area (Å²) in [5.74, 6) is -1.07. The molecule has 1 fully saturated rings. The topological polar surface area (TPSA) is 86.6 Å². The molecule has 0 saturated heterocycles. The lowest BCUT2D eigenvalue weighted by atomic mass is 9.82. The van der Waals surface area contributed by atoms with Crippen LogP contribution in [0.25, 0.3) is 0 Å². The Bertz CT molecular complexity index is 480. The van der Waals surface area contributed by atoms with Crippen LogP contribution in [0.1, 0.15) is 37.4 Å². The van der Waals surface area contributed by atoms with E-state index in [9.17, 15) is 14.7 Å². The second kappa shape index (κ2) is 7.22. The van der Waals surface area contributed by atoms with Crippen molar-refractivity contribution >= 4 is 11.9 Å². The highest BCUT2D eigenvalue weighted by molar-refractivity contribution is 5.81. The van der Waals surface area contributed by atoms with Gasteiger partial charge in [0, 0.05) is 6.54 Å². The SMILES string of the molecule is O=C(O)C1CCC(CNC(=O)C(O)c2ccccc2)CC1. The molecule has 0 bridgehead atoms. The lowest BCUT2D eigenvalue weighted by molar-refractivity contribution is -0.143. The number of aliphatic hydroxyl groups is 1. The van der Waals surface area contributed by atoms with Crippen molar-refractivity contribution in [3.63, 3.8) is 0 Å². The minimum absolute atomic E-state index is 0.244. The minimum Gasteiger partial charge on any atom is -0.481 e. The summed E-state index contributed by atoms with van der Waals surface area (Å²) in [7, 11) is 0. The van der Waals surface area contributed by atoms with Gasteiger partial charge in [0.15, 0.2) is 6.10 Å². The van der Waals surface area contributed by atoms with Crippen LogP contribution in [0.5, 0.6) is 0 Å². The van der Waals surface area contributed by atoms with Gasteiger partial charge < -0.3 is 15.5 Å². The Hall–Kier alpha value is -1.88. The molecule has 1 amide bonds. The van der Waals surface area contributed by atoms with Gasteiger partial charge in [0.05, 0.1) is 5.92 Å². The van der Waals surface area contributed by atoms with Crippen LogP contribution in [0.15, 0.2) is 30.3 Å². The molecule has 2 rings (SSSR count). The van der Waals surface area contributed by atoms with Gasteiger partial charge in [-0.2, -0.15) is 0 Å². The van der Waals surface area contributed by atoms with Gasteiger partial charge >= 0.3 is 5.97 Å². The third-order valence-electron chi connectivity index (χ3n) is 4.12. The van der Waals surface area contributed by atoms with Crippen LogP contribution in [0, 0.1) is 11.8 Å². The molecular weight excluding hydrogens is 270 g/mol. The highest BCUT2D eigenvalue weighted by Gasteiger charge is 2.26. The van der Waals surface area contributed by atoms with Crippen LogP contribution in [0.4, 0.5) is 0 Å². The molecule has 1 atom stereocenters. The zero-order valence-electron chi connectivity index (χ0n) is 11.9. The fraction of sp³-hybridized carbons (Fsp3) is 0.500. The van der Waals surface area contributed by atoms with Gasteiger partial charge in [-0.1, -0.05) is 30.3 Å². The van der Waals surface area contributed by atoms with Crippen molar-refractivity contribution in [1.29, 1.82) is 0 Å². The van der Waals surface area contributed by atoms with Gasteiger partial charge in [-0.25, -0.2) is 0 Å². The van der Waals surface area contributed by atoms with Crippen molar-refractivity contribution in [2.75, 3.05) is 6.54 Å². The van der Waals surface area contributed by atoms with E-state index in [2.05, 4.69) is 5.32 Å². The first kappa shape index (κ1) is 15.5. The van der Waals surface area contributed by atoms with Gasteiger partial charge in [-0.15, -0.1) is 0 Å². The van der Waals surface area contributed by atoms with E-state index < -0.39 is 18.0 Å². The van der Waals surface area contributed by atoms with Gasteiger partial charge in [0.2, 0.25) is 0 Å². The first-order valence-corrected chi connectivity index (χ1v) is 7.31. The Kier molecular flexibility index (Phi) is 5.33. The average Bonchev–Trinajstić information content (AvgIpc) is 2.53. The lowest BCUT2D eigenvalue weighted by Gasteiger charge is -2.26. The third-order valence-corrected chi connectivity index (χ3v) is 4.12. The van der Waals surface area contributed by atoms with Crippen LogP contribution < -0.4 is 5.32 Å². The molecule has 0 heterocycles.